The van der Waals surface area contributed by atoms with Crippen LogP contribution in [0.5, 0.6) is 11.5 Å². The molecule has 4 rings (SSSR count). The number of rotatable bonds is 13. The van der Waals surface area contributed by atoms with Gasteiger partial charge in [0.25, 0.3) is 10.0 Å². The van der Waals surface area contributed by atoms with Crippen molar-refractivity contribution >= 4 is 27.5 Å². The van der Waals surface area contributed by atoms with Gasteiger partial charge in [0.1, 0.15) is 24.1 Å². The summed E-state index contributed by atoms with van der Waals surface area (Å²) in [6.07, 6.45) is 0.503. The number of anilines is 1. The molecule has 1 N–H and O–H groups in total. The summed E-state index contributed by atoms with van der Waals surface area (Å²) in [7, 11) is -4.14. The lowest BCUT2D eigenvalue weighted by molar-refractivity contribution is -0.139. The molecule has 0 bridgehead atoms. The van der Waals surface area contributed by atoms with Crippen LogP contribution in [0.3, 0.4) is 0 Å². The van der Waals surface area contributed by atoms with Gasteiger partial charge in [-0.2, -0.15) is 0 Å². The second-order valence-corrected chi connectivity index (χ2v) is 12.3. The van der Waals surface area contributed by atoms with E-state index in [0.717, 1.165) is 9.87 Å². The van der Waals surface area contributed by atoms with Gasteiger partial charge in [-0.1, -0.05) is 66.7 Å². The van der Waals surface area contributed by atoms with Gasteiger partial charge in [0.05, 0.1) is 10.6 Å². The van der Waals surface area contributed by atoms with Crippen molar-refractivity contribution < 1.29 is 22.7 Å². The number of nitrogens with zero attached hydrogens (tertiary/aromatic N) is 2. The van der Waals surface area contributed by atoms with Crippen LogP contribution in [0.4, 0.5) is 5.69 Å². The molecule has 0 spiro atoms. The van der Waals surface area contributed by atoms with Gasteiger partial charge in [-0.3, -0.25) is 13.9 Å². The van der Waals surface area contributed by atoms with Crippen LogP contribution in [-0.2, 0) is 26.0 Å². The van der Waals surface area contributed by atoms with Crippen LogP contribution < -0.4 is 14.4 Å². The Hall–Kier alpha value is -4.63. The van der Waals surface area contributed by atoms with E-state index in [1.807, 2.05) is 74.5 Å². The summed E-state index contributed by atoms with van der Waals surface area (Å²) < 4.78 is 34.8. The fourth-order valence-corrected chi connectivity index (χ4v) is 5.96. The van der Waals surface area contributed by atoms with Gasteiger partial charge in [-0.05, 0) is 81.3 Å². The maximum absolute atomic E-state index is 14.0. The number of hydrogen-bond acceptors (Lipinski definition) is 5. The summed E-state index contributed by atoms with van der Waals surface area (Å²) in [4.78, 5) is 28.5. The van der Waals surface area contributed by atoms with Gasteiger partial charge in [0.2, 0.25) is 11.8 Å². The smallest absolute Gasteiger partial charge is 0.264 e. The highest BCUT2D eigenvalue weighted by atomic mass is 32.2. The number of para-hydroxylation sites is 1. The fourth-order valence-electron chi connectivity index (χ4n) is 4.53. The van der Waals surface area contributed by atoms with Gasteiger partial charge < -0.3 is 15.0 Å². The highest BCUT2D eigenvalue weighted by molar-refractivity contribution is 7.92. The van der Waals surface area contributed by atoms with Crippen molar-refractivity contribution in [2.45, 2.75) is 44.2 Å². The first kappa shape index (κ1) is 31.3. The first-order valence-electron chi connectivity index (χ1n) is 14.2. The zero-order valence-corrected chi connectivity index (χ0v) is 25.4. The molecule has 2 amide bonds. The lowest BCUT2D eigenvalue weighted by atomic mass is 10.1. The van der Waals surface area contributed by atoms with E-state index < -0.39 is 28.5 Å². The minimum atomic E-state index is -4.14. The number of hydrogen-bond donors (Lipinski definition) is 1. The Bertz CT molecular complexity index is 1580. The minimum absolute atomic E-state index is 0.0499. The van der Waals surface area contributed by atoms with Crippen molar-refractivity contribution in [2.24, 2.45) is 0 Å². The second kappa shape index (κ2) is 14.5. The van der Waals surface area contributed by atoms with E-state index in [-0.39, 0.29) is 23.4 Å². The Morgan fingerprint density at radius 3 is 1.86 bits per heavy atom. The van der Waals surface area contributed by atoms with E-state index in [2.05, 4.69) is 5.32 Å². The maximum Gasteiger partial charge on any atom is 0.264 e. The molecule has 0 aliphatic heterocycles. The third-order valence-electron chi connectivity index (χ3n) is 6.80. The molecule has 0 fully saturated rings. The quantitative estimate of drug-likeness (QED) is 0.214. The number of nitrogens with one attached hydrogen (secondary N) is 1. The number of carbonyl (C=O) groups is 2. The molecular formula is C34H37N3O5S. The van der Waals surface area contributed by atoms with Crippen molar-refractivity contribution in [2.75, 3.05) is 17.4 Å². The third kappa shape index (κ3) is 8.45. The molecule has 1 atom stereocenters. The second-order valence-electron chi connectivity index (χ2n) is 10.4. The molecule has 0 heterocycles. The lowest BCUT2D eigenvalue weighted by Gasteiger charge is -2.32. The molecule has 0 unspecified atom stereocenters. The van der Waals surface area contributed by atoms with Crippen LogP contribution in [0.2, 0.25) is 0 Å². The average molecular weight is 600 g/mol. The number of ether oxygens (including phenoxy) is 1. The van der Waals surface area contributed by atoms with Gasteiger partial charge in [-0.15, -0.1) is 0 Å². The molecule has 0 aliphatic rings. The highest BCUT2D eigenvalue weighted by Crippen LogP contribution is 2.28. The lowest BCUT2D eigenvalue weighted by Crippen LogP contribution is -2.53. The molecule has 4 aromatic carbocycles. The van der Waals surface area contributed by atoms with Crippen LogP contribution in [0.15, 0.2) is 120 Å². The average Bonchev–Trinajstić information content (AvgIpc) is 3.01. The molecule has 4 aromatic rings. The normalized spacial score (nSPS) is 11.9. The molecule has 0 saturated carbocycles. The maximum atomic E-state index is 14.0. The number of sulfonamides is 1. The zero-order valence-electron chi connectivity index (χ0n) is 24.6. The van der Waals surface area contributed by atoms with E-state index in [1.54, 1.807) is 49.4 Å². The third-order valence-corrected chi connectivity index (χ3v) is 8.58. The summed E-state index contributed by atoms with van der Waals surface area (Å²) in [6, 6.07) is 32.4. The number of benzene rings is 4. The van der Waals surface area contributed by atoms with Crippen molar-refractivity contribution in [1.29, 1.82) is 0 Å². The summed E-state index contributed by atoms with van der Waals surface area (Å²) in [5, 5.41) is 2.86. The largest absolute Gasteiger partial charge is 0.457 e. The van der Waals surface area contributed by atoms with Crippen LogP contribution >= 0.6 is 0 Å². The van der Waals surface area contributed by atoms with E-state index in [9.17, 15) is 18.0 Å². The molecule has 0 aromatic heterocycles. The molecule has 9 heteroatoms. The summed E-state index contributed by atoms with van der Waals surface area (Å²) >= 11 is 0. The number of amides is 2. The molecule has 8 nitrogen and oxygen atoms in total. The van der Waals surface area contributed by atoms with Gasteiger partial charge in [0.15, 0.2) is 0 Å². The first-order chi connectivity index (χ1) is 20.6. The van der Waals surface area contributed by atoms with Gasteiger partial charge in [0, 0.05) is 12.6 Å². The monoisotopic (exact) mass is 599 g/mol. The molecule has 224 valence electrons. The van der Waals surface area contributed by atoms with Crippen molar-refractivity contribution in [3.63, 3.8) is 0 Å². The van der Waals surface area contributed by atoms with Crippen LogP contribution in [0.25, 0.3) is 0 Å². The minimum Gasteiger partial charge on any atom is -0.457 e. The fraction of sp³-hybridized carbons (Fsp3) is 0.235. The van der Waals surface area contributed by atoms with Crippen molar-refractivity contribution in [3.8, 4) is 11.5 Å². The topological polar surface area (TPSA) is 96.0 Å². The number of carbonyl (C=O) groups excluding carboxylic acids is 2. The summed E-state index contributed by atoms with van der Waals surface area (Å²) in [5.74, 6) is 0.353. The van der Waals surface area contributed by atoms with E-state index >= 15 is 0 Å². The van der Waals surface area contributed by atoms with Gasteiger partial charge in [-0.25, -0.2) is 8.42 Å². The van der Waals surface area contributed by atoms with E-state index in [1.165, 1.54) is 17.0 Å². The summed E-state index contributed by atoms with van der Waals surface area (Å²) in [6.45, 7) is 5.09. The molecular weight excluding hydrogens is 562 g/mol. The Balaban J connectivity index is 1.65. The first-order valence-corrected chi connectivity index (χ1v) is 15.6. The summed E-state index contributed by atoms with van der Waals surface area (Å²) in [5.41, 5.74) is 1.29. The molecule has 0 saturated heterocycles. The predicted octanol–water partition coefficient (Wildman–Crippen LogP) is 5.66. The molecule has 0 aliphatic carbocycles. The van der Waals surface area contributed by atoms with E-state index in [0.29, 0.717) is 23.6 Å². The Labute approximate surface area is 254 Å². The van der Waals surface area contributed by atoms with Crippen LogP contribution in [0.1, 0.15) is 26.3 Å². The molecule has 43 heavy (non-hydrogen) atoms. The predicted molar refractivity (Wildman–Crippen MR) is 169 cm³/mol. The molecule has 0 radical (unpaired) electrons. The standard InChI is InChI=1S/C34H37N3O5S/c1-26(2)35-34(39)27(3)36(24-23-28-13-7-4-8-14-28)33(38)25-37(43(40,41)32-17-11-6-12-18-32)29-19-21-31(22-20-29)42-30-15-9-5-10-16-30/h4-22,26-27H,23-25H2,1-3H3,(H,35,39)/t27-/m1/s1. The Morgan fingerprint density at radius 2 is 1.28 bits per heavy atom. The SMILES string of the molecule is CC(C)NC(=O)[C@@H](C)N(CCc1ccccc1)C(=O)CN(c1ccc(Oc2ccccc2)cc1)S(=O)(=O)c1ccccc1. The zero-order chi connectivity index (χ0) is 30.8. The Morgan fingerprint density at radius 1 is 0.744 bits per heavy atom. The van der Waals surface area contributed by atoms with E-state index in [4.69, 9.17) is 4.74 Å². The van der Waals surface area contributed by atoms with Crippen LogP contribution in [0, 0.1) is 0 Å². The van der Waals surface area contributed by atoms with Crippen molar-refractivity contribution in [1.82, 2.24) is 10.2 Å². The van der Waals surface area contributed by atoms with Crippen LogP contribution in [-0.4, -0.2) is 50.3 Å². The highest BCUT2D eigenvalue weighted by Gasteiger charge is 2.32. The van der Waals surface area contributed by atoms with Gasteiger partial charge >= 0.3 is 0 Å². The van der Waals surface area contributed by atoms with Crippen molar-refractivity contribution in [3.05, 3.63) is 121 Å². The Kier molecular flexibility index (Phi) is 10.6.